The molecule has 3 unspecified atom stereocenters. The lowest BCUT2D eigenvalue weighted by Gasteiger charge is -2.27. The van der Waals surface area contributed by atoms with Gasteiger partial charge in [0.25, 0.3) is 0 Å². The Labute approximate surface area is 159 Å². The SMILES string of the molecule is C=CC(O)(c1ccccc1)c1ccc(C(C)C(C)CCCCCC)cc1. The van der Waals surface area contributed by atoms with Crippen molar-refractivity contribution in [2.45, 2.75) is 64.4 Å². The molecule has 0 radical (unpaired) electrons. The average Bonchev–Trinajstić information content (AvgIpc) is 2.70. The number of aliphatic hydroxyl groups is 1. The van der Waals surface area contributed by atoms with Gasteiger partial charge in [-0.1, -0.05) is 120 Å². The number of benzene rings is 2. The van der Waals surface area contributed by atoms with E-state index in [1.807, 2.05) is 42.5 Å². The standard InChI is InChI=1S/C25H34O/c1-5-7-8-10-13-20(3)21(4)22-16-18-24(19-17-22)25(26,6-2)23-14-11-9-12-15-23/h6,9,11-12,14-21,26H,2,5,7-8,10,13H2,1,3-4H3. The Balaban J connectivity index is 2.10. The first-order valence-electron chi connectivity index (χ1n) is 10.0. The fourth-order valence-electron chi connectivity index (χ4n) is 3.61. The molecule has 3 atom stereocenters. The molecule has 1 N–H and O–H groups in total. The first-order valence-corrected chi connectivity index (χ1v) is 10.0. The minimum atomic E-state index is -1.14. The van der Waals surface area contributed by atoms with Gasteiger partial charge < -0.3 is 5.11 Å². The summed E-state index contributed by atoms with van der Waals surface area (Å²) in [6, 6.07) is 18.2. The zero-order chi connectivity index (χ0) is 19.0. The van der Waals surface area contributed by atoms with E-state index in [9.17, 15) is 5.11 Å². The van der Waals surface area contributed by atoms with Gasteiger partial charge in [0.05, 0.1) is 0 Å². The lowest BCUT2D eigenvalue weighted by atomic mass is 9.82. The summed E-state index contributed by atoms with van der Waals surface area (Å²) in [5.41, 5.74) is 1.91. The summed E-state index contributed by atoms with van der Waals surface area (Å²) in [4.78, 5) is 0. The highest BCUT2D eigenvalue weighted by Gasteiger charge is 2.27. The van der Waals surface area contributed by atoms with Crippen molar-refractivity contribution < 1.29 is 5.11 Å². The van der Waals surface area contributed by atoms with Crippen molar-refractivity contribution in [1.82, 2.24) is 0 Å². The van der Waals surface area contributed by atoms with Crippen LogP contribution in [0.15, 0.2) is 67.3 Å². The van der Waals surface area contributed by atoms with Crippen LogP contribution in [0.2, 0.25) is 0 Å². The quantitative estimate of drug-likeness (QED) is 0.368. The third-order valence-electron chi connectivity index (χ3n) is 5.75. The van der Waals surface area contributed by atoms with Gasteiger partial charge >= 0.3 is 0 Å². The Kier molecular flexibility index (Phi) is 7.66. The molecule has 0 spiro atoms. The summed E-state index contributed by atoms with van der Waals surface area (Å²) in [5, 5.41) is 11.1. The predicted molar refractivity (Wildman–Crippen MR) is 112 cm³/mol. The van der Waals surface area contributed by atoms with Crippen LogP contribution in [-0.2, 0) is 5.60 Å². The van der Waals surface area contributed by atoms with E-state index < -0.39 is 5.60 Å². The third kappa shape index (κ3) is 4.86. The van der Waals surface area contributed by atoms with Crippen LogP contribution >= 0.6 is 0 Å². The summed E-state index contributed by atoms with van der Waals surface area (Å²) in [7, 11) is 0. The highest BCUT2D eigenvalue weighted by atomic mass is 16.3. The molecule has 0 amide bonds. The molecular weight excluding hydrogens is 316 g/mol. The van der Waals surface area contributed by atoms with Gasteiger partial charge in [0.15, 0.2) is 0 Å². The first-order chi connectivity index (χ1) is 12.5. The molecule has 1 heteroatoms. The molecule has 0 saturated heterocycles. The molecule has 0 fully saturated rings. The number of rotatable bonds is 10. The van der Waals surface area contributed by atoms with Crippen LogP contribution < -0.4 is 0 Å². The maximum absolute atomic E-state index is 11.1. The summed E-state index contributed by atoms with van der Waals surface area (Å²) in [6.45, 7) is 10.8. The van der Waals surface area contributed by atoms with E-state index >= 15 is 0 Å². The van der Waals surface area contributed by atoms with Crippen molar-refractivity contribution in [3.63, 3.8) is 0 Å². The molecule has 2 rings (SSSR count). The van der Waals surface area contributed by atoms with Gasteiger partial charge in [-0.25, -0.2) is 0 Å². The van der Waals surface area contributed by atoms with Crippen LogP contribution in [0.1, 0.15) is 75.5 Å². The molecule has 0 heterocycles. The van der Waals surface area contributed by atoms with Gasteiger partial charge in [0, 0.05) is 0 Å². The summed E-state index contributed by atoms with van der Waals surface area (Å²) in [5.74, 6) is 1.20. The van der Waals surface area contributed by atoms with E-state index in [0.29, 0.717) is 11.8 Å². The lowest BCUT2D eigenvalue weighted by molar-refractivity contribution is 0.135. The minimum absolute atomic E-state index is 0.527. The van der Waals surface area contributed by atoms with Crippen LogP contribution in [-0.4, -0.2) is 5.11 Å². The molecule has 0 aliphatic heterocycles. The topological polar surface area (TPSA) is 20.2 Å². The molecule has 2 aromatic rings. The molecule has 1 nitrogen and oxygen atoms in total. The Morgan fingerprint density at radius 3 is 2.12 bits per heavy atom. The zero-order valence-electron chi connectivity index (χ0n) is 16.6. The third-order valence-corrected chi connectivity index (χ3v) is 5.75. The van der Waals surface area contributed by atoms with Crippen molar-refractivity contribution in [1.29, 1.82) is 0 Å². The Bertz CT molecular complexity index is 658. The van der Waals surface area contributed by atoms with Crippen molar-refractivity contribution >= 4 is 0 Å². The number of hydrogen-bond acceptors (Lipinski definition) is 1. The van der Waals surface area contributed by atoms with Gasteiger partial charge in [0.2, 0.25) is 0 Å². The molecule has 0 aromatic heterocycles. The second-order valence-corrected chi connectivity index (χ2v) is 7.57. The summed E-state index contributed by atoms with van der Waals surface area (Å²) < 4.78 is 0. The Morgan fingerprint density at radius 1 is 0.923 bits per heavy atom. The fourth-order valence-corrected chi connectivity index (χ4v) is 3.61. The molecule has 0 aliphatic carbocycles. The normalized spacial score (nSPS) is 15.8. The molecule has 26 heavy (non-hydrogen) atoms. The largest absolute Gasteiger partial charge is 0.377 e. The van der Waals surface area contributed by atoms with Crippen LogP contribution in [0, 0.1) is 5.92 Å². The highest BCUT2D eigenvalue weighted by Crippen LogP contribution is 2.33. The van der Waals surface area contributed by atoms with E-state index in [2.05, 4.69) is 39.5 Å². The predicted octanol–water partition coefficient (Wildman–Crippen LogP) is 6.82. The van der Waals surface area contributed by atoms with Crippen LogP contribution in [0.5, 0.6) is 0 Å². The second kappa shape index (κ2) is 9.73. The molecular formula is C25H34O. The number of hydrogen-bond donors (Lipinski definition) is 1. The monoisotopic (exact) mass is 350 g/mol. The van der Waals surface area contributed by atoms with E-state index in [-0.39, 0.29) is 0 Å². The summed E-state index contributed by atoms with van der Waals surface area (Å²) >= 11 is 0. The minimum Gasteiger partial charge on any atom is -0.377 e. The van der Waals surface area contributed by atoms with Crippen molar-refractivity contribution in [2.24, 2.45) is 5.92 Å². The maximum atomic E-state index is 11.1. The molecule has 0 bridgehead atoms. The summed E-state index contributed by atoms with van der Waals surface area (Å²) in [6.07, 6.45) is 8.20. The number of unbranched alkanes of at least 4 members (excludes halogenated alkanes) is 3. The fraction of sp³-hybridized carbons (Fsp3) is 0.440. The Morgan fingerprint density at radius 2 is 1.54 bits per heavy atom. The van der Waals surface area contributed by atoms with E-state index in [0.717, 1.165) is 11.1 Å². The van der Waals surface area contributed by atoms with Gasteiger partial charge in [-0.05, 0) is 28.5 Å². The van der Waals surface area contributed by atoms with Crippen molar-refractivity contribution in [3.8, 4) is 0 Å². The van der Waals surface area contributed by atoms with E-state index in [4.69, 9.17) is 0 Å². The van der Waals surface area contributed by atoms with Gasteiger partial charge in [-0.15, -0.1) is 0 Å². The smallest absolute Gasteiger partial charge is 0.133 e. The highest BCUT2D eigenvalue weighted by molar-refractivity contribution is 5.41. The molecule has 0 saturated carbocycles. The van der Waals surface area contributed by atoms with E-state index in [1.54, 1.807) is 6.08 Å². The van der Waals surface area contributed by atoms with Gasteiger partial charge in [-0.2, -0.15) is 0 Å². The van der Waals surface area contributed by atoms with Crippen molar-refractivity contribution in [2.75, 3.05) is 0 Å². The molecule has 140 valence electrons. The molecule has 0 aliphatic rings. The van der Waals surface area contributed by atoms with Crippen LogP contribution in [0.4, 0.5) is 0 Å². The average molecular weight is 351 g/mol. The zero-order valence-corrected chi connectivity index (χ0v) is 16.6. The maximum Gasteiger partial charge on any atom is 0.133 e. The van der Waals surface area contributed by atoms with Crippen LogP contribution in [0.25, 0.3) is 0 Å². The van der Waals surface area contributed by atoms with Gasteiger partial charge in [-0.3, -0.25) is 0 Å². The van der Waals surface area contributed by atoms with E-state index in [1.165, 1.54) is 37.7 Å². The second-order valence-electron chi connectivity index (χ2n) is 7.57. The first kappa shape index (κ1) is 20.5. The molecule has 2 aromatic carbocycles. The van der Waals surface area contributed by atoms with Crippen molar-refractivity contribution in [3.05, 3.63) is 83.9 Å². The van der Waals surface area contributed by atoms with Crippen LogP contribution in [0.3, 0.4) is 0 Å². The lowest BCUT2D eigenvalue weighted by Crippen LogP contribution is -2.24. The Hall–Kier alpha value is -1.86. The van der Waals surface area contributed by atoms with Gasteiger partial charge in [0.1, 0.15) is 5.60 Å².